The van der Waals surface area contributed by atoms with E-state index in [0.29, 0.717) is 25.3 Å². The summed E-state index contributed by atoms with van der Waals surface area (Å²) in [6, 6.07) is 4.51. The van der Waals surface area contributed by atoms with Crippen LogP contribution in [0.5, 0.6) is 5.75 Å². The van der Waals surface area contributed by atoms with E-state index in [9.17, 15) is 24.3 Å². The first kappa shape index (κ1) is 27.4. The van der Waals surface area contributed by atoms with Gasteiger partial charge in [0.25, 0.3) is 5.91 Å². The highest BCUT2D eigenvalue weighted by Crippen LogP contribution is 2.22. The number of nitrogens with zero attached hydrogens (tertiary/aromatic N) is 1. The fourth-order valence-electron chi connectivity index (χ4n) is 4.47. The van der Waals surface area contributed by atoms with E-state index in [0.717, 1.165) is 12.8 Å². The van der Waals surface area contributed by atoms with Crippen molar-refractivity contribution in [1.82, 2.24) is 20.9 Å². The van der Waals surface area contributed by atoms with Gasteiger partial charge in [0.05, 0.1) is 30.9 Å². The minimum absolute atomic E-state index is 0.0176. The maximum absolute atomic E-state index is 13.5. The molecule has 0 aliphatic carbocycles. The molecule has 0 spiro atoms. The van der Waals surface area contributed by atoms with Gasteiger partial charge in [-0.15, -0.1) is 0 Å². The summed E-state index contributed by atoms with van der Waals surface area (Å²) in [6.45, 7) is 2.83. The molecule has 1 unspecified atom stereocenters. The number of nitrogens with one attached hydrogen (secondary N) is 3. The van der Waals surface area contributed by atoms with E-state index < -0.39 is 35.9 Å². The molecule has 4 amide bonds. The third-order valence-electron chi connectivity index (χ3n) is 6.37. The van der Waals surface area contributed by atoms with Crippen LogP contribution in [0.1, 0.15) is 49.4 Å². The fraction of sp³-hybridized carbons (Fsp3) is 0.600. The van der Waals surface area contributed by atoms with Crippen LogP contribution in [0.25, 0.3) is 0 Å². The van der Waals surface area contributed by atoms with Gasteiger partial charge >= 0.3 is 0 Å². The molecular weight excluding hydrogens is 468 g/mol. The number of para-hydroxylation sites is 1. The van der Waals surface area contributed by atoms with E-state index in [-0.39, 0.29) is 43.5 Å². The highest BCUT2D eigenvalue weighted by molar-refractivity contribution is 6.00. The smallest absolute Gasteiger partial charge is 0.255 e. The van der Waals surface area contributed by atoms with Crippen molar-refractivity contribution >= 4 is 23.6 Å². The van der Waals surface area contributed by atoms with E-state index >= 15 is 0 Å². The van der Waals surface area contributed by atoms with Crippen LogP contribution < -0.4 is 20.7 Å². The summed E-state index contributed by atoms with van der Waals surface area (Å²) in [5.41, 5.74) is 0.278. The lowest BCUT2D eigenvalue weighted by molar-refractivity contribution is -0.136. The second-order valence-corrected chi connectivity index (χ2v) is 9.12. The topological polar surface area (TPSA) is 146 Å². The van der Waals surface area contributed by atoms with Crippen LogP contribution in [-0.4, -0.2) is 91.3 Å². The summed E-state index contributed by atoms with van der Waals surface area (Å²) in [7, 11) is 1.57. The third kappa shape index (κ3) is 7.17. The van der Waals surface area contributed by atoms with Gasteiger partial charge < -0.3 is 35.4 Å². The zero-order valence-electron chi connectivity index (χ0n) is 20.8. The number of likely N-dealkylation sites (tertiary alicyclic amines) is 1. The van der Waals surface area contributed by atoms with Crippen molar-refractivity contribution in [3.05, 3.63) is 29.8 Å². The van der Waals surface area contributed by atoms with Gasteiger partial charge in [-0.05, 0) is 44.7 Å². The number of benzene rings is 1. The lowest BCUT2D eigenvalue weighted by Crippen LogP contribution is -2.53. The van der Waals surface area contributed by atoms with Crippen molar-refractivity contribution < 1.29 is 33.8 Å². The van der Waals surface area contributed by atoms with E-state index in [1.165, 1.54) is 6.92 Å². The number of hydrogen-bond donors (Lipinski definition) is 4. The Morgan fingerprint density at radius 2 is 1.97 bits per heavy atom. The Bertz CT molecular complexity index is 939. The molecule has 0 saturated carbocycles. The van der Waals surface area contributed by atoms with Crippen molar-refractivity contribution in [3.8, 4) is 5.75 Å². The van der Waals surface area contributed by atoms with Gasteiger partial charge in [0.15, 0.2) is 0 Å². The average Bonchev–Trinajstić information content (AvgIpc) is 3.32. The summed E-state index contributed by atoms with van der Waals surface area (Å²) in [4.78, 5) is 53.6. The Morgan fingerprint density at radius 3 is 2.72 bits per heavy atom. The lowest BCUT2D eigenvalue weighted by atomic mass is 10.1. The zero-order chi connectivity index (χ0) is 26.1. The van der Waals surface area contributed by atoms with Gasteiger partial charge in [0.1, 0.15) is 17.8 Å². The first-order valence-corrected chi connectivity index (χ1v) is 12.4. The summed E-state index contributed by atoms with van der Waals surface area (Å²) in [5.74, 6) is -1.42. The molecule has 1 fully saturated rings. The highest BCUT2D eigenvalue weighted by atomic mass is 16.5. The quantitative estimate of drug-likeness (QED) is 0.450. The number of hydrogen-bond acceptors (Lipinski definition) is 7. The average molecular weight is 505 g/mol. The van der Waals surface area contributed by atoms with E-state index in [1.807, 2.05) is 0 Å². The standard InChI is InChI=1S/C25H36N4O7/c1-16(30)22-24(33)26-12-6-14-36-20-9-4-3-8-18(20)23(32)27-19(10-11-21(31)28-22)25(34)29-13-5-7-17(29)15-35-2/h3-4,8-9,16-17,19,22,30H,5-7,10-15H2,1-2H3,(H,26,33)(H,27,32)(H,28,31)/t16-,17+,19+,22?/m1/s1. The van der Waals surface area contributed by atoms with Crippen molar-refractivity contribution in [3.63, 3.8) is 0 Å². The largest absolute Gasteiger partial charge is 0.493 e. The van der Waals surface area contributed by atoms with Gasteiger partial charge in [-0.1, -0.05) is 12.1 Å². The van der Waals surface area contributed by atoms with Crippen LogP contribution in [0.3, 0.4) is 0 Å². The number of carbonyl (C=O) groups excluding carboxylic acids is 4. The van der Waals surface area contributed by atoms with Crippen LogP contribution >= 0.6 is 0 Å². The predicted octanol–water partition coefficient (Wildman–Crippen LogP) is -0.0331. The number of aliphatic hydroxyl groups is 1. The van der Waals surface area contributed by atoms with Crippen molar-refractivity contribution in [1.29, 1.82) is 0 Å². The van der Waals surface area contributed by atoms with Crippen molar-refractivity contribution in [2.45, 2.75) is 63.3 Å². The Balaban J connectivity index is 1.86. The lowest BCUT2D eigenvalue weighted by Gasteiger charge is -2.29. The molecule has 4 N–H and O–H groups in total. The molecule has 2 aliphatic heterocycles. The molecular formula is C25H36N4O7. The number of carbonyl (C=O) groups is 4. The number of fused-ring (bicyclic) bond motifs is 1. The molecule has 0 radical (unpaired) electrons. The molecule has 11 nitrogen and oxygen atoms in total. The summed E-state index contributed by atoms with van der Waals surface area (Å²) < 4.78 is 11.0. The Labute approximate surface area is 210 Å². The van der Waals surface area contributed by atoms with E-state index in [1.54, 1.807) is 36.3 Å². The van der Waals surface area contributed by atoms with Crippen LogP contribution in [0.4, 0.5) is 0 Å². The number of aliphatic hydroxyl groups excluding tert-OH is 1. The highest BCUT2D eigenvalue weighted by Gasteiger charge is 2.35. The van der Waals surface area contributed by atoms with Crippen LogP contribution in [0.15, 0.2) is 24.3 Å². The number of amides is 4. The molecule has 1 aromatic carbocycles. The van der Waals surface area contributed by atoms with Gasteiger partial charge in [0, 0.05) is 26.6 Å². The third-order valence-corrected chi connectivity index (χ3v) is 6.37. The molecule has 1 saturated heterocycles. The Hall–Kier alpha value is -3.18. The van der Waals surface area contributed by atoms with Gasteiger partial charge in [-0.3, -0.25) is 19.2 Å². The molecule has 2 aliphatic rings. The Kier molecular flexibility index (Phi) is 10.1. The van der Waals surface area contributed by atoms with Crippen LogP contribution in [-0.2, 0) is 19.1 Å². The normalized spacial score (nSPS) is 25.1. The van der Waals surface area contributed by atoms with Crippen LogP contribution in [0.2, 0.25) is 0 Å². The maximum atomic E-state index is 13.5. The molecule has 11 heteroatoms. The number of ether oxygens (including phenoxy) is 2. The van der Waals surface area contributed by atoms with Crippen LogP contribution in [0, 0.1) is 0 Å². The minimum Gasteiger partial charge on any atom is -0.493 e. The Morgan fingerprint density at radius 1 is 1.19 bits per heavy atom. The predicted molar refractivity (Wildman–Crippen MR) is 130 cm³/mol. The molecule has 4 atom stereocenters. The molecule has 2 heterocycles. The zero-order valence-corrected chi connectivity index (χ0v) is 20.8. The first-order valence-electron chi connectivity index (χ1n) is 12.4. The number of methoxy groups -OCH3 is 1. The summed E-state index contributed by atoms with van der Waals surface area (Å²) in [5, 5.41) is 18.1. The first-order chi connectivity index (χ1) is 17.3. The van der Waals surface area contributed by atoms with E-state index in [2.05, 4.69) is 16.0 Å². The SMILES string of the molecule is COC[C@@H]1CCCN1C(=O)[C@@H]1CCC(=O)NC([C@@H](C)O)C(=O)NCCCOc2ccccc2C(=O)N1. The minimum atomic E-state index is -1.14. The van der Waals surface area contributed by atoms with Crippen molar-refractivity contribution in [2.75, 3.05) is 33.4 Å². The molecule has 198 valence electrons. The molecule has 0 bridgehead atoms. The molecule has 1 aromatic rings. The molecule has 36 heavy (non-hydrogen) atoms. The monoisotopic (exact) mass is 504 g/mol. The second kappa shape index (κ2) is 13.2. The van der Waals surface area contributed by atoms with Crippen molar-refractivity contribution in [2.24, 2.45) is 0 Å². The van der Waals surface area contributed by atoms with Gasteiger partial charge in [-0.25, -0.2) is 0 Å². The summed E-state index contributed by atoms with van der Waals surface area (Å²) >= 11 is 0. The van der Waals surface area contributed by atoms with Gasteiger partial charge in [-0.2, -0.15) is 0 Å². The summed E-state index contributed by atoms with van der Waals surface area (Å²) in [6.07, 6.45) is 0.829. The molecule has 3 rings (SSSR count). The maximum Gasteiger partial charge on any atom is 0.255 e. The number of rotatable bonds is 4. The second-order valence-electron chi connectivity index (χ2n) is 9.12. The van der Waals surface area contributed by atoms with Gasteiger partial charge in [0.2, 0.25) is 17.7 Å². The molecule has 0 aromatic heterocycles. The van der Waals surface area contributed by atoms with E-state index in [4.69, 9.17) is 9.47 Å². The fourth-order valence-corrected chi connectivity index (χ4v) is 4.47.